The van der Waals surface area contributed by atoms with E-state index in [4.69, 9.17) is 4.74 Å². The maximum atomic E-state index is 5.96. The summed E-state index contributed by atoms with van der Waals surface area (Å²) in [5.74, 6) is 1.14. The number of para-hydroxylation sites is 1. The monoisotopic (exact) mass is 218 g/mol. The zero-order valence-corrected chi connectivity index (χ0v) is 11.1. The fraction of sp³-hybridized carbons (Fsp3) is 0.600. The predicted molar refractivity (Wildman–Crippen MR) is 68.3 cm³/mol. The summed E-state index contributed by atoms with van der Waals surface area (Å²) in [4.78, 5) is 0. The Kier molecular flexibility index (Phi) is 2.52. The summed E-state index contributed by atoms with van der Waals surface area (Å²) in [5.41, 5.74) is 3.09. The molecule has 0 N–H and O–H groups in total. The molecule has 0 aromatic heterocycles. The van der Waals surface area contributed by atoms with Crippen LogP contribution >= 0.6 is 0 Å². The lowest BCUT2D eigenvalue weighted by Crippen LogP contribution is -2.22. The van der Waals surface area contributed by atoms with Crippen LogP contribution in [0.2, 0.25) is 0 Å². The van der Waals surface area contributed by atoms with Gasteiger partial charge in [0.2, 0.25) is 0 Å². The summed E-state index contributed by atoms with van der Waals surface area (Å²) >= 11 is 0. The van der Waals surface area contributed by atoms with Gasteiger partial charge in [-0.15, -0.1) is 0 Å². The van der Waals surface area contributed by atoms with Crippen molar-refractivity contribution in [3.8, 4) is 5.75 Å². The van der Waals surface area contributed by atoms with Gasteiger partial charge in [-0.25, -0.2) is 0 Å². The molecular formula is C15H22O. The number of hydrogen-bond donors (Lipinski definition) is 0. The van der Waals surface area contributed by atoms with Crippen LogP contribution in [0.15, 0.2) is 18.2 Å². The highest BCUT2D eigenvalue weighted by molar-refractivity contribution is 5.51. The van der Waals surface area contributed by atoms with E-state index in [0.29, 0.717) is 0 Å². The molecule has 0 radical (unpaired) electrons. The molecule has 2 rings (SSSR count). The lowest BCUT2D eigenvalue weighted by Gasteiger charge is -2.23. The van der Waals surface area contributed by atoms with Crippen molar-refractivity contribution in [1.29, 1.82) is 0 Å². The zero-order chi connectivity index (χ0) is 12.0. The molecule has 1 aromatic carbocycles. The first kappa shape index (κ1) is 11.5. The Bertz CT molecular complexity index is 400. The fourth-order valence-corrected chi connectivity index (χ4v) is 2.36. The second-order valence-corrected chi connectivity index (χ2v) is 6.14. The standard InChI is InChI=1S/C15H22O/c1-6-15(5)10-16-13-11(14(2,3)4)8-7-9-12(13)15/h7-9H,6,10H2,1-5H3/t15-/m1/s1. The summed E-state index contributed by atoms with van der Waals surface area (Å²) < 4.78 is 5.96. The minimum Gasteiger partial charge on any atom is -0.492 e. The Hall–Kier alpha value is -0.980. The largest absolute Gasteiger partial charge is 0.492 e. The van der Waals surface area contributed by atoms with Crippen molar-refractivity contribution in [2.24, 2.45) is 0 Å². The van der Waals surface area contributed by atoms with Crippen molar-refractivity contribution in [3.05, 3.63) is 29.3 Å². The van der Waals surface area contributed by atoms with Crippen LogP contribution in [0.5, 0.6) is 5.75 Å². The van der Waals surface area contributed by atoms with Crippen molar-refractivity contribution in [2.45, 2.75) is 51.9 Å². The van der Waals surface area contributed by atoms with Crippen molar-refractivity contribution >= 4 is 0 Å². The maximum absolute atomic E-state index is 5.96. The molecule has 1 heterocycles. The van der Waals surface area contributed by atoms with Gasteiger partial charge in [-0.1, -0.05) is 52.8 Å². The Morgan fingerprint density at radius 1 is 1.31 bits per heavy atom. The summed E-state index contributed by atoms with van der Waals surface area (Å²) in [6.45, 7) is 12.1. The second-order valence-electron chi connectivity index (χ2n) is 6.14. The van der Waals surface area contributed by atoms with Crippen LogP contribution in [0.25, 0.3) is 0 Å². The van der Waals surface area contributed by atoms with Crippen LogP contribution in [0.1, 0.15) is 52.2 Å². The van der Waals surface area contributed by atoms with Gasteiger partial charge in [0, 0.05) is 11.0 Å². The first-order valence-corrected chi connectivity index (χ1v) is 6.15. The van der Waals surface area contributed by atoms with E-state index in [1.54, 1.807) is 0 Å². The normalized spacial score (nSPS) is 24.1. The van der Waals surface area contributed by atoms with Gasteiger partial charge in [0.05, 0.1) is 6.61 Å². The molecule has 0 saturated carbocycles. The van der Waals surface area contributed by atoms with E-state index in [-0.39, 0.29) is 10.8 Å². The number of benzene rings is 1. The van der Waals surface area contributed by atoms with Crippen molar-refractivity contribution in [2.75, 3.05) is 6.61 Å². The third kappa shape index (κ3) is 1.63. The van der Waals surface area contributed by atoms with Gasteiger partial charge in [0.15, 0.2) is 0 Å². The van der Waals surface area contributed by atoms with E-state index >= 15 is 0 Å². The van der Waals surface area contributed by atoms with E-state index in [9.17, 15) is 0 Å². The molecule has 0 spiro atoms. The average molecular weight is 218 g/mol. The smallest absolute Gasteiger partial charge is 0.126 e. The summed E-state index contributed by atoms with van der Waals surface area (Å²) in [7, 11) is 0. The van der Waals surface area contributed by atoms with Crippen LogP contribution in [0, 0.1) is 0 Å². The predicted octanol–water partition coefficient (Wildman–Crippen LogP) is 4.04. The number of hydrogen-bond acceptors (Lipinski definition) is 1. The molecule has 0 fully saturated rings. The molecule has 1 aliphatic heterocycles. The SMILES string of the molecule is CC[C@]1(C)COc2c(C(C)(C)C)cccc21. The molecular weight excluding hydrogens is 196 g/mol. The van der Waals surface area contributed by atoms with Crippen LogP contribution in [0.4, 0.5) is 0 Å². The molecule has 1 atom stereocenters. The minimum absolute atomic E-state index is 0.157. The molecule has 0 unspecified atom stereocenters. The molecule has 1 heteroatoms. The third-order valence-corrected chi connectivity index (χ3v) is 3.79. The Morgan fingerprint density at radius 3 is 2.56 bits per heavy atom. The van der Waals surface area contributed by atoms with Crippen LogP contribution in [0.3, 0.4) is 0 Å². The fourth-order valence-electron chi connectivity index (χ4n) is 2.36. The Morgan fingerprint density at radius 2 is 2.00 bits per heavy atom. The van der Waals surface area contributed by atoms with E-state index in [0.717, 1.165) is 18.8 Å². The van der Waals surface area contributed by atoms with Gasteiger partial charge in [0.1, 0.15) is 5.75 Å². The molecule has 0 aliphatic carbocycles. The first-order chi connectivity index (χ1) is 7.38. The highest BCUT2D eigenvalue weighted by atomic mass is 16.5. The highest BCUT2D eigenvalue weighted by Crippen LogP contribution is 2.45. The lowest BCUT2D eigenvalue weighted by atomic mass is 9.78. The maximum Gasteiger partial charge on any atom is 0.126 e. The molecule has 0 saturated heterocycles. The summed E-state index contributed by atoms with van der Waals surface area (Å²) in [6, 6.07) is 6.59. The van der Waals surface area contributed by atoms with E-state index in [1.165, 1.54) is 11.1 Å². The van der Waals surface area contributed by atoms with Crippen LogP contribution in [-0.2, 0) is 10.8 Å². The highest BCUT2D eigenvalue weighted by Gasteiger charge is 2.37. The third-order valence-electron chi connectivity index (χ3n) is 3.79. The van der Waals surface area contributed by atoms with Crippen molar-refractivity contribution in [3.63, 3.8) is 0 Å². The minimum atomic E-state index is 0.157. The number of ether oxygens (including phenoxy) is 1. The lowest BCUT2D eigenvalue weighted by molar-refractivity contribution is 0.269. The molecule has 88 valence electrons. The summed E-state index contributed by atoms with van der Waals surface area (Å²) in [6.07, 6.45) is 1.13. The second kappa shape index (κ2) is 3.51. The van der Waals surface area contributed by atoms with E-state index < -0.39 is 0 Å². The molecule has 1 aromatic rings. The first-order valence-electron chi connectivity index (χ1n) is 6.15. The van der Waals surface area contributed by atoms with Crippen LogP contribution < -0.4 is 4.74 Å². The molecule has 1 nitrogen and oxygen atoms in total. The van der Waals surface area contributed by atoms with Gasteiger partial charge >= 0.3 is 0 Å². The van der Waals surface area contributed by atoms with Crippen LogP contribution in [-0.4, -0.2) is 6.61 Å². The number of rotatable bonds is 1. The topological polar surface area (TPSA) is 9.23 Å². The average Bonchev–Trinajstić information content (AvgIpc) is 2.56. The molecule has 1 aliphatic rings. The van der Waals surface area contributed by atoms with Gasteiger partial charge in [-0.3, -0.25) is 0 Å². The zero-order valence-electron chi connectivity index (χ0n) is 11.1. The van der Waals surface area contributed by atoms with Gasteiger partial charge in [-0.2, -0.15) is 0 Å². The molecule has 0 bridgehead atoms. The van der Waals surface area contributed by atoms with Gasteiger partial charge < -0.3 is 4.74 Å². The van der Waals surface area contributed by atoms with Crippen molar-refractivity contribution < 1.29 is 4.74 Å². The quantitative estimate of drug-likeness (QED) is 0.691. The van der Waals surface area contributed by atoms with Crippen molar-refractivity contribution in [1.82, 2.24) is 0 Å². The van der Waals surface area contributed by atoms with Gasteiger partial charge in [0.25, 0.3) is 0 Å². The Labute approximate surface area is 98.8 Å². The molecule has 16 heavy (non-hydrogen) atoms. The van der Waals surface area contributed by atoms with Gasteiger partial charge in [-0.05, 0) is 17.4 Å². The Balaban J connectivity index is 2.57. The van der Waals surface area contributed by atoms with E-state index in [1.807, 2.05) is 0 Å². The van der Waals surface area contributed by atoms with E-state index in [2.05, 4.69) is 52.8 Å². The molecule has 0 amide bonds. The number of fused-ring (bicyclic) bond motifs is 1. The summed E-state index contributed by atoms with van der Waals surface area (Å²) in [5, 5.41) is 0.